The molecule has 0 aliphatic rings. The molecule has 0 bridgehead atoms. The van der Waals surface area contributed by atoms with E-state index in [1.54, 1.807) is 0 Å². The second-order valence-electron chi connectivity index (χ2n) is 4.39. The van der Waals surface area contributed by atoms with Gasteiger partial charge < -0.3 is 5.32 Å². The van der Waals surface area contributed by atoms with Crippen molar-refractivity contribution in [2.75, 3.05) is 11.9 Å². The van der Waals surface area contributed by atoms with Crippen molar-refractivity contribution in [2.45, 2.75) is 52.4 Å². The summed E-state index contributed by atoms with van der Waals surface area (Å²) in [5.74, 6) is 0. The van der Waals surface area contributed by atoms with Crippen molar-refractivity contribution in [3.05, 3.63) is 29.8 Å². The summed E-state index contributed by atoms with van der Waals surface area (Å²) >= 11 is 0. The molecule has 1 aromatic carbocycles. The first-order chi connectivity index (χ1) is 7.86. The minimum Gasteiger partial charge on any atom is -0.385 e. The molecule has 0 fully saturated rings. The summed E-state index contributed by atoms with van der Waals surface area (Å²) in [6.07, 6.45) is 7.85. The zero-order valence-corrected chi connectivity index (χ0v) is 10.8. The average molecular weight is 219 g/mol. The van der Waals surface area contributed by atoms with E-state index in [1.807, 2.05) is 0 Å². The summed E-state index contributed by atoms with van der Waals surface area (Å²) in [7, 11) is 0. The topological polar surface area (TPSA) is 12.0 Å². The fourth-order valence-corrected chi connectivity index (χ4v) is 1.86. The molecule has 0 amide bonds. The maximum atomic E-state index is 3.50. The second-order valence-corrected chi connectivity index (χ2v) is 4.39. The molecule has 0 spiro atoms. The summed E-state index contributed by atoms with van der Waals surface area (Å²) in [4.78, 5) is 0. The second kappa shape index (κ2) is 8.20. The van der Waals surface area contributed by atoms with Gasteiger partial charge in [-0.25, -0.2) is 0 Å². The number of hydrogen-bond donors (Lipinski definition) is 1. The Kier molecular flexibility index (Phi) is 6.71. The lowest BCUT2D eigenvalue weighted by atomic mass is 10.1. The Morgan fingerprint density at radius 3 is 2.56 bits per heavy atom. The normalized spacial score (nSPS) is 10.4. The lowest BCUT2D eigenvalue weighted by Gasteiger charge is -2.07. The van der Waals surface area contributed by atoms with E-state index in [4.69, 9.17) is 0 Å². The number of hydrogen-bond acceptors (Lipinski definition) is 1. The van der Waals surface area contributed by atoms with Crippen molar-refractivity contribution in [3.63, 3.8) is 0 Å². The quantitative estimate of drug-likeness (QED) is 0.628. The van der Waals surface area contributed by atoms with Gasteiger partial charge in [-0.2, -0.15) is 0 Å². The number of unbranched alkanes of at least 4 members (excludes halogenated alkanes) is 4. The standard InChI is InChI=1S/C15H25N/c1-3-5-6-7-8-12-16-15-11-9-10-14(4-2)13-15/h9-11,13,16H,3-8,12H2,1-2H3. The highest BCUT2D eigenvalue weighted by Gasteiger charge is 1.93. The molecule has 16 heavy (non-hydrogen) atoms. The van der Waals surface area contributed by atoms with Gasteiger partial charge in [0.25, 0.3) is 0 Å². The number of anilines is 1. The number of benzene rings is 1. The first kappa shape index (κ1) is 13.1. The van der Waals surface area contributed by atoms with Crippen LogP contribution in [0.2, 0.25) is 0 Å². The minimum absolute atomic E-state index is 1.11. The first-order valence-electron chi connectivity index (χ1n) is 6.69. The molecular formula is C15H25N. The summed E-state index contributed by atoms with van der Waals surface area (Å²) in [5, 5.41) is 3.50. The van der Waals surface area contributed by atoms with Gasteiger partial charge >= 0.3 is 0 Å². The molecule has 0 radical (unpaired) electrons. The van der Waals surface area contributed by atoms with Crippen LogP contribution >= 0.6 is 0 Å². The van der Waals surface area contributed by atoms with E-state index in [0.717, 1.165) is 13.0 Å². The van der Waals surface area contributed by atoms with Gasteiger partial charge in [0.15, 0.2) is 0 Å². The monoisotopic (exact) mass is 219 g/mol. The molecule has 90 valence electrons. The molecule has 1 aromatic rings. The van der Waals surface area contributed by atoms with Gasteiger partial charge in [-0.15, -0.1) is 0 Å². The zero-order valence-electron chi connectivity index (χ0n) is 10.8. The lowest BCUT2D eigenvalue weighted by Crippen LogP contribution is -2.01. The highest BCUT2D eigenvalue weighted by atomic mass is 14.9. The fraction of sp³-hybridized carbons (Fsp3) is 0.600. The van der Waals surface area contributed by atoms with Crippen molar-refractivity contribution in [1.29, 1.82) is 0 Å². The van der Waals surface area contributed by atoms with Gasteiger partial charge in [0.05, 0.1) is 0 Å². The molecule has 0 unspecified atom stereocenters. The zero-order chi connectivity index (χ0) is 11.6. The molecule has 0 saturated carbocycles. The van der Waals surface area contributed by atoms with Crippen LogP contribution in [-0.2, 0) is 6.42 Å². The third kappa shape index (κ3) is 5.20. The molecule has 1 heteroatoms. The van der Waals surface area contributed by atoms with Crippen LogP contribution in [-0.4, -0.2) is 6.54 Å². The van der Waals surface area contributed by atoms with Gasteiger partial charge in [-0.3, -0.25) is 0 Å². The average Bonchev–Trinajstić information content (AvgIpc) is 2.34. The van der Waals surface area contributed by atoms with E-state index in [-0.39, 0.29) is 0 Å². The third-order valence-electron chi connectivity index (χ3n) is 2.94. The predicted molar refractivity (Wildman–Crippen MR) is 73.1 cm³/mol. The molecule has 0 aliphatic carbocycles. The Bertz CT molecular complexity index is 281. The summed E-state index contributed by atoms with van der Waals surface area (Å²) in [6.45, 7) is 5.56. The van der Waals surface area contributed by atoms with Crippen LogP contribution < -0.4 is 5.32 Å². The van der Waals surface area contributed by atoms with E-state index in [2.05, 4.69) is 43.4 Å². The summed E-state index contributed by atoms with van der Waals surface area (Å²) in [6, 6.07) is 8.74. The highest BCUT2D eigenvalue weighted by Crippen LogP contribution is 2.11. The van der Waals surface area contributed by atoms with Crippen molar-refractivity contribution < 1.29 is 0 Å². The van der Waals surface area contributed by atoms with Crippen LogP contribution in [0.1, 0.15) is 51.5 Å². The van der Waals surface area contributed by atoms with Crippen LogP contribution in [0.4, 0.5) is 5.69 Å². The predicted octanol–water partition coefficient (Wildman–Crippen LogP) is 4.63. The molecule has 1 nitrogen and oxygen atoms in total. The molecule has 0 saturated heterocycles. The molecule has 0 aliphatic heterocycles. The van der Waals surface area contributed by atoms with Crippen molar-refractivity contribution in [1.82, 2.24) is 0 Å². The first-order valence-corrected chi connectivity index (χ1v) is 6.69. The van der Waals surface area contributed by atoms with Crippen molar-refractivity contribution >= 4 is 5.69 Å². The molecule has 0 atom stereocenters. The van der Waals surface area contributed by atoms with Gasteiger partial charge in [-0.1, -0.05) is 51.7 Å². The van der Waals surface area contributed by atoms with E-state index >= 15 is 0 Å². The maximum absolute atomic E-state index is 3.50. The van der Waals surface area contributed by atoms with Gasteiger partial charge in [0.2, 0.25) is 0 Å². The van der Waals surface area contributed by atoms with Crippen LogP contribution in [0.5, 0.6) is 0 Å². The Morgan fingerprint density at radius 1 is 1.00 bits per heavy atom. The van der Waals surface area contributed by atoms with E-state index < -0.39 is 0 Å². The van der Waals surface area contributed by atoms with Crippen LogP contribution in [0.25, 0.3) is 0 Å². The summed E-state index contributed by atoms with van der Waals surface area (Å²) in [5.41, 5.74) is 2.69. The molecule has 1 rings (SSSR count). The smallest absolute Gasteiger partial charge is 0.0342 e. The molecule has 0 aromatic heterocycles. The van der Waals surface area contributed by atoms with Gasteiger partial charge in [0, 0.05) is 12.2 Å². The van der Waals surface area contributed by atoms with Crippen molar-refractivity contribution in [3.8, 4) is 0 Å². The van der Waals surface area contributed by atoms with Crippen LogP contribution in [0.3, 0.4) is 0 Å². The Labute approximate surface area is 100 Å². The molecule has 1 N–H and O–H groups in total. The molecule has 0 heterocycles. The minimum atomic E-state index is 1.11. The lowest BCUT2D eigenvalue weighted by molar-refractivity contribution is 0.645. The number of rotatable bonds is 8. The Balaban J connectivity index is 2.16. The number of nitrogens with one attached hydrogen (secondary N) is 1. The van der Waals surface area contributed by atoms with Crippen LogP contribution in [0, 0.1) is 0 Å². The Morgan fingerprint density at radius 2 is 1.81 bits per heavy atom. The fourth-order valence-electron chi connectivity index (χ4n) is 1.86. The molecular weight excluding hydrogens is 194 g/mol. The van der Waals surface area contributed by atoms with Crippen LogP contribution in [0.15, 0.2) is 24.3 Å². The van der Waals surface area contributed by atoms with Gasteiger partial charge in [0.1, 0.15) is 0 Å². The summed E-state index contributed by atoms with van der Waals surface area (Å²) < 4.78 is 0. The SMILES string of the molecule is CCCCCCCNc1cccc(CC)c1. The van der Waals surface area contributed by atoms with E-state index in [1.165, 1.54) is 43.4 Å². The highest BCUT2D eigenvalue weighted by molar-refractivity contribution is 5.45. The van der Waals surface area contributed by atoms with E-state index in [0.29, 0.717) is 0 Å². The Hall–Kier alpha value is -0.980. The van der Waals surface area contributed by atoms with Crippen molar-refractivity contribution in [2.24, 2.45) is 0 Å². The van der Waals surface area contributed by atoms with Gasteiger partial charge in [-0.05, 0) is 30.5 Å². The maximum Gasteiger partial charge on any atom is 0.0342 e. The largest absolute Gasteiger partial charge is 0.385 e. The third-order valence-corrected chi connectivity index (χ3v) is 2.94. The number of aryl methyl sites for hydroxylation is 1. The van der Waals surface area contributed by atoms with E-state index in [9.17, 15) is 0 Å².